The zero-order chi connectivity index (χ0) is 33.5. The quantitative estimate of drug-likeness (QED) is 0.213. The van der Waals surface area contributed by atoms with Gasteiger partial charge in [-0.3, -0.25) is 9.48 Å². The van der Waals surface area contributed by atoms with Gasteiger partial charge in [0.15, 0.2) is 0 Å². The summed E-state index contributed by atoms with van der Waals surface area (Å²) in [7, 11) is 1.56. The number of nitrogens with zero attached hydrogens (tertiary/aromatic N) is 6. The van der Waals surface area contributed by atoms with E-state index in [0.717, 1.165) is 5.56 Å². The Balaban J connectivity index is 0.000000541. The highest BCUT2D eigenvalue weighted by molar-refractivity contribution is 5.97. The summed E-state index contributed by atoms with van der Waals surface area (Å²) in [5.41, 5.74) is 6.31. The molecular formula is C31H35F4N7O4. The average Bonchev–Trinajstić information content (AvgIpc) is 3.71. The van der Waals surface area contributed by atoms with Gasteiger partial charge in [0.05, 0.1) is 23.4 Å². The van der Waals surface area contributed by atoms with Crippen LogP contribution in [0.25, 0.3) is 33.8 Å². The van der Waals surface area contributed by atoms with Crippen LogP contribution in [0.15, 0.2) is 54.9 Å². The molecule has 6 rings (SSSR count). The molecule has 3 aromatic rings. The predicted molar refractivity (Wildman–Crippen MR) is 162 cm³/mol. The Morgan fingerprint density at radius 1 is 1.07 bits per heavy atom. The Morgan fingerprint density at radius 2 is 1.76 bits per heavy atom. The van der Waals surface area contributed by atoms with Crippen molar-refractivity contribution in [2.45, 2.75) is 59.4 Å². The lowest BCUT2D eigenvalue weighted by Gasteiger charge is -2.16. The third-order valence-electron chi connectivity index (χ3n) is 6.77. The second-order valence-corrected chi connectivity index (χ2v) is 9.96. The van der Waals surface area contributed by atoms with Crippen molar-refractivity contribution >= 4 is 5.91 Å². The fourth-order valence-corrected chi connectivity index (χ4v) is 4.84. The molecule has 3 N–H and O–H groups in total. The molecule has 3 aliphatic rings. The molecule has 46 heavy (non-hydrogen) atoms. The van der Waals surface area contributed by atoms with Gasteiger partial charge in [-0.05, 0) is 24.6 Å². The number of fused-ring (bicyclic) bond motifs is 2. The monoisotopic (exact) mass is 645 g/mol. The van der Waals surface area contributed by atoms with Gasteiger partial charge in [-0.15, -0.1) is 5.10 Å². The van der Waals surface area contributed by atoms with Gasteiger partial charge >= 0.3 is 6.61 Å². The molecule has 0 fully saturated rings. The summed E-state index contributed by atoms with van der Waals surface area (Å²) >= 11 is 0. The minimum atomic E-state index is -3.13. The molecule has 1 atom stereocenters. The maximum Gasteiger partial charge on any atom is 0.388 e. The van der Waals surface area contributed by atoms with Crippen LogP contribution in [-0.4, -0.2) is 59.4 Å². The standard InChI is InChI=1S/C26H22F4N6O2.C3H7NO2.C2H6/c1-34-14-17(24(33-34)38-26(29)30)18-16-9-5-10-35(13-15-7-3-2-4-8-15)23(16)31-20(18)19-21(22(27)28)32-36-11-6-12-37-25(19)36;1-2(5)3(4)6;1-2/h2-5,7-10,14,22,26H,6,11-13H2,1H3;2,5H,1H3,(H2,4,6);1-2H3. The summed E-state index contributed by atoms with van der Waals surface area (Å²) in [6.45, 7) is 3.38. The summed E-state index contributed by atoms with van der Waals surface area (Å²) in [6, 6.07) is 13.2. The number of hydrogen-bond donors (Lipinski definition) is 2. The molecule has 2 aromatic heterocycles. The molecule has 1 unspecified atom stereocenters. The topological polar surface area (TPSA) is 135 Å². The van der Waals surface area contributed by atoms with Crippen molar-refractivity contribution in [3.05, 3.63) is 66.1 Å². The number of carbonyl (C=O) groups is 1. The van der Waals surface area contributed by atoms with Crippen LogP contribution in [0.2, 0.25) is 0 Å². The minimum absolute atomic E-state index is 0.0315. The molecule has 15 heteroatoms. The summed E-state index contributed by atoms with van der Waals surface area (Å²) in [4.78, 5) is 14.5. The predicted octanol–water partition coefficient (Wildman–Crippen LogP) is 5.50. The third kappa shape index (κ3) is 7.30. The summed E-state index contributed by atoms with van der Waals surface area (Å²) in [6.07, 6.45) is 0.0247. The average molecular weight is 646 g/mol. The molecule has 0 saturated heterocycles. The zero-order valence-corrected chi connectivity index (χ0v) is 25.7. The van der Waals surface area contributed by atoms with Crippen LogP contribution in [0.4, 0.5) is 17.6 Å². The number of carbonyl (C=O) groups excluding carboxylic acids is 1. The summed E-state index contributed by atoms with van der Waals surface area (Å²) in [5.74, 6) is -0.373. The Labute approximate surface area is 262 Å². The molecule has 3 aliphatic heterocycles. The first kappa shape index (κ1) is 34.0. The van der Waals surface area contributed by atoms with Crippen molar-refractivity contribution in [2.24, 2.45) is 12.8 Å². The first-order valence-corrected chi connectivity index (χ1v) is 14.6. The van der Waals surface area contributed by atoms with E-state index in [-0.39, 0.29) is 28.6 Å². The van der Waals surface area contributed by atoms with Gasteiger partial charge in [-0.25, -0.2) is 18.4 Å². The van der Waals surface area contributed by atoms with Crippen LogP contribution < -0.4 is 15.2 Å². The number of pyridine rings is 1. The fourth-order valence-electron chi connectivity index (χ4n) is 4.84. The Hall–Kier alpha value is -4.92. The second kappa shape index (κ2) is 14.9. The summed E-state index contributed by atoms with van der Waals surface area (Å²) < 4.78 is 70.4. The molecule has 0 bridgehead atoms. The van der Waals surface area contributed by atoms with Crippen molar-refractivity contribution < 1.29 is 36.9 Å². The van der Waals surface area contributed by atoms with Gasteiger partial charge in [0.2, 0.25) is 17.7 Å². The molecule has 5 heterocycles. The number of aliphatic hydroxyl groups is 1. The number of aliphatic hydroxyl groups excluding tert-OH is 1. The lowest BCUT2D eigenvalue weighted by atomic mass is 9.98. The van der Waals surface area contributed by atoms with Gasteiger partial charge in [0.25, 0.3) is 6.43 Å². The highest BCUT2D eigenvalue weighted by Crippen LogP contribution is 2.49. The second-order valence-electron chi connectivity index (χ2n) is 9.96. The molecular weight excluding hydrogens is 610 g/mol. The zero-order valence-electron chi connectivity index (χ0n) is 25.7. The maximum atomic E-state index is 14.3. The molecule has 11 nitrogen and oxygen atoms in total. The van der Waals surface area contributed by atoms with E-state index in [1.807, 2.05) is 54.9 Å². The molecule has 1 aromatic carbocycles. The molecule has 0 saturated carbocycles. The molecule has 0 radical (unpaired) electrons. The number of halogens is 4. The molecule has 0 aliphatic carbocycles. The lowest BCUT2D eigenvalue weighted by Crippen LogP contribution is -2.24. The highest BCUT2D eigenvalue weighted by atomic mass is 19.3. The van der Waals surface area contributed by atoms with Crippen LogP contribution >= 0.6 is 0 Å². The van der Waals surface area contributed by atoms with Gasteiger partial charge in [-0.2, -0.15) is 13.9 Å². The first-order valence-electron chi connectivity index (χ1n) is 14.6. The van der Waals surface area contributed by atoms with E-state index in [1.54, 1.807) is 19.2 Å². The number of alkyl halides is 4. The van der Waals surface area contributed by atoms with Crippen LogP contribution in [-0.2, 0) is 24.9 Å². The van der Waals surface area contributed by atoms with Gasteiger partial charge < -0.3 is 24.9 Å². The van der Waals surface area contributed by atoms with Crippen molar-refractivity contribution in [3.8, 4) is 45.5 Å². The van der Waals surface area contributed by atoms with Gasteiger partial charge in [0.1, 0.15) is 17.6 Å². The SMILES string of the molecule is CC.CC(O)C(N)=O.Cn1cc(-c2c3cccn(Cc4ccccc4)c-3nc2-c2c(C(F)F)nn3c2OCCC3)c(OC(F)F)n1. The van der Waals surface area contributed by atoms with E-state index < -0.39 is 30.7 Å². The van der Waals surface area contributed by atoms with Crippen molar-refractivity contribution in [3.63, 3.8) is 0 Å². The van der Waals surface area contributed by atoms with Crippen LogP contribution in [0.5, 0.6) is 11.8 Å². The largest absolute Gasteiger partial charge is 0.477 e. The van der Waals surface area contributed by atoms with E-state index in [9.17, 15) is 22.4 Å². The van der Waals surface area contributed by atoms with E-state index in [0.29, 0.717) is 43.1 Å². The highest BCUT2D eigenvalue weighted by Gasteiger charge is 2.35. The Bertz CT molecular complexity index is 1720. The molecule has 1 amide bonds. The number of rotatable bonds is 8. The van der Waals surface area contributed by atoms with Gasteiger partial charge in [-0.1, -0.05) is 44.2 Å². The van der Waals surface area contributed by atoms with Crippen molar-refractivity contribution in [1.82, 2.24) is 29.1 Å². The smallest absolute Gasteiger partial charge is 0.388 e. The van der Waals surface area contributed by atoms with Gasteiger partial charge in [0, 0.05) is 50.1 Å². The number of hydrogen-bond acceptors (Lipinski definition) is 7. The maximum absolute atomic E-state index is 14.3. The molecule has 246 valence electrons. The normalized spacial score (nSPS) is 12.9. The molecule has 0 spiro atoms. The number of nitrogens with two attached hydrogens (primary N) is 1. The van der Waals surface area contributed by atoms with Crippen LogP contribution in [0.3, 0.4) is 0 Å². The number of aryl methyl sites for hydroxylation is 2. The summed E-state index contributed by atoms with van der Waals surface area (Å²) in [5, 5.41) is 16.3. The Kier molecular flexibility index (Phi) is 11.0. The van der Waals surface area contributed by atoms with Crippen molar-refractivity contribution in [2.75, 3.05) is 6.61 Å². The lowest BCUT2D eigenvalue weighted by molar-refractivity contribution is -0.125. The van der Waals surface area contributed by atoms with Crippen LogP contribution in [0, 0.1) is 0 Å². The first-order chi connectivity index (χ1) is 22.0. The van der Waals surface area contributed by atoms with Crippen molar-refractivity contribution in [1.29, 1.82) is 0 Å². The Morgan fingerprint density at radius 3 is 2.39 bits per heavy atom. The number of aromatic nitrogens is 6. The van der Waals surface area contributed by atoms with Crippen LogP contribution in [0.1, 0.15) is 44.9 Å². The van der Waals surface area contributed by atoms with E-state index >= 15 is 0 Å². The fraction of sp³-hybridized carbons (Fsp3) is 0.355. The van der Waals surface area contributed by atoms with E-state index in [2.05, 4.69) is 15.9 Å². The number of ether oxygens (including phenoxy) is 2. The number of benzene rings is 1. The third-order valence-corrected chi connectivity index (χ3v) is 6.77. The van der Waals surface area contributed by atoms with E-state index in [4.69, 9.17) is 19.6 Å². The number of primary amides is 1. The van der Waals surface area contributed by atoms with E-state index in [1.165, 1.54) is 22.5 Å². The minimum Gasteiger partial charge on any atom is -0.477 e. The number of amides is 1.